The summed E-state index contributed by atoms with van der Waals surface area (Å²) in [6.07, 6.45) is 2.69. The lowest BCUT2D eigenvalue weighted by Crippen LogP contribution is -2.35. The van der Waals surface area contributed by atoms with Crippen molar-refractivity contribution in [2.45, 2.75) is 44.5 Å². The highest BCUT2D eigenvalue weighted by molar-refractivity contribution is 5.35. The maximum atomic E-state index is 10.5. The second-order valence-corrected chi connectivity index (χ2v) is 6.12. The highest BCUT2D eigenvalue weighted by atomic mass is 16.3. The van der Waals surface area contributed by atoms with Gasteiger partial charge in [0.1, 0.15) is 11.6 Å². The molecular formula is C16H20N4O. The van der Waals surface area contributed by atoms with E-state index in [0.717, 1.165) is 43.1 Å². The van der Waals surface area contributed by atoms with E-state index in [1.165, 1.54) is 12.0 Å². The molecule has 0 unspecified atom stereocenters. The van der Waals surface area contributed by atoms with Crippen molar-refractivity contribution < 1.29 is 5.11 Å². The van der Waals surface area contributed by atoms with Gasteiger partial charge in [0.2, 0.25) is 0 Å². The van der Waals surface area contributed by atoms with Crippen LogP contribution in [0.15, 0.2) is 24.3 Å². The smallest absolute Gasteiger partial charge is 0.147 e. The molecule has 0 bridgehead atoms. The minimum absolute atomic E-state index is 0.122. The standard InChI is InChI=1S/C16H20N4O/c1-19(10-15-18-17-14-7-4-8-20(14)15)13-9-11-5-2-3-6-12(11)16(13)21/h2-3,5-6,13,16,21H,4,7-10H2,1H3/t13-,16+/m1/s1. The molecule has 0 saturated heterocycles. The number of likely N-dealkylation sites (N-methyl/N-ethyl adjacent to an activating group) is 1. The summed E-state index contributed by atoms with van der Waals surface area (Å²) in [6, 6.07) is 8.30. The minimum Gasteiger partial charge on any atom is -0.387 e. The van der Waals surface area contributed by atoms with Crippen LogP contribution in [0.1, 0.15) is 35.3 Å². The average molecular weight is 284 g/mol. The van der Waals surface area contributed by atoms with Gasteiger partial charge in [-0.05, 0) is 31.0 Å². The molecule has 21 heavy (non-hydrogen) atoms. The molecule has 1 N–H and O–H groups in total. The summed E-state index contributed by atoms with van der Waals surface area (Å²) >= 11 is 0. The fraction of sp³-hybridized carbons (Fsp3) is 0.500. The van der Waals surface area contributed by atoms with Gasteiger partial charge >= 0.3 is 0 Å². The molecule has 4 rings (SSSR count). The number of benzene rings is 1. The van der Waals surface area contributed by atoms with Crippen molar-refractivity contribution in [3.8, 4) is 0 Å². The maximum absolute atomic E-state index is 10.5. The number of fused-ring (bicyclic) bond motifs is 2. The third kappa shape index (κ3) is 2.08. The van der Waals surface area contributed by atoms with Crippen LogP contribution < -0.4 is 0 Å². The topological polar surface area (TPSA) is 54.2 Å². The SMILES string of the molecule is CN(Cc1nnc2n1CCC2)[C@@H]1Cc2ccccc2[C@@H]1O. The molecule has 0 amide bonds. The van der Waals surface area contributed by atoms with Crippen LogP contribution in [0.2, 0.25) is 0 Å². The lowest BCUT2D eigenvalue weighted by atomic mass is 10.1. The van der Waals surface area contributed by atoms with Gasteiger partial charge in [0.15, 0.2) is 0 Å². The summed E-state index contributed by atoms with van der Waals surface area (Å²) in [7, 11) is 2.07. The number of nitrogens with zero attached hydrogens (tertiary/aromatic N) is 4. The first-order valence-corrected chi connectivity index (χ1v) is 7.61. The third-order valence-electron chi connectivity index (χ3n) is 4.81. The van der Waals surface area contributed by atoms with Crippen molar-refractivity contribution >= 4 is 0 Å². The Morgan fingerprint density at radius 3 is 3.05 bits per heavy atom. The normalized spacial score (nSPS) is 23.6. The molecule has 0 fully saturated rings. The molecule has 1 aliphatic heterocycles. The molecule has 5 nitrogen and oxygen atoms in total. The largest absolute Gasteiger partial charge is 0.387 e. The predicted molar refractivity (Wildman–Crippen MR) is 78.7 cm³/mol. The van der Waals surface area contributed by atoms with E-state index in [9.17, 15) is 5.11 Å². The van der Waals surface area contributed by atoms with Gasteiger partial charge in [-0.15, -0.1) is 10.2 Å². The Hall–Kier alpha value is -1.72. The average Bonchev–Trinajstić information content (AvgIpc) is 3.16. The van der Waals surface area contributed by atoms with Crippen LogP contribution in [0.4, 0.5) is 0 Å². The summed E-state index contributed by atoms with van der Waals surface area (Å²) in [5, 5.41) is 19.1. The van der Waals surface area contributed by atoms with Crippen LogP contribution in [0.5, 0.6) is 0 Å². The molecule has 1 aromatic heterocycles. The van der Waals surface area contributed by atoms with Gasteiger partial charge in [-0.3, -0.25) is 4.90 Å². The summed E-state index contributed by atoms with van der Waals surface area (Å²) < 4.78 is 2.23. The Morgan fingerprint density at radius 1 is 1.33 bits per heavy atom. The van der Waals surface area contributed by atoms with Gasteiger partial charge in [0, 0.05) is 19.0 Å². The Balaban J connectivity index is 1.52. The molecule has 0 saturated carbocycles. The van der Waals surface area contributed by atoms with E-state index in [0.29, 0.717) is 0 Å². The number of aromatic nitrogens is 3. The van der Waals surface area contributed by atoms with E-state index in [4.69, 9.17) is 0 Å². The van der Waals surface area contributed by atoms with Crippen LogP contribution in [-0.4, -0.2) is 37.9 Å². The number of aliphatic hydroxyl groups is 1. The fourth-order valence-corrected chi connectivity index (χ4v) is 3.62. The van der Waals surface area contributed by atoms with E-state index in [1.54, 1.807) is 0 Å². The second-order valence-electron chi connectivity index (χ2n) is 6.12. The Kier molecular flexibility index (Phi) is 3.05. The Morgan fingerprint density at radius 2 is 2.19 bits per heavy atom. The molecular weight excluding hydrogens is 264 g/mol. The van der Waals surface area contributed by atoms with Gasteiger partial charge in [-0.1, -0.05) is 24.3 Å². The van der Waals surface area contributed by atoms with Crippen molar-refractivity contribution in [3.05, 3.63) is 47.0 Å². The molecule has 110 valence electrons. The lowest BCUT2D eigenvalue weighted by molar-refractivity contribution is 0.0702. The third-order valence-corrected chi connectivity index (χ3v) is 4.81. The molecule has 0 spiro atoms. The van der Waals surface area contributed by atoms with E-state index >= 15 is 0 Å². The van der Waals surface area contributed by atoms with Crippen molar-refractivity contribution in [2.24, 2.45) is 0 Å². The molecule has 0 radical (unpaired) electrons. The van der Waals surface area contributed by atoms with Crippen molar-refractivity contribution in [2.75, 3.05) is 7.05 Å². The van der Waals surface area contributed by atoms with Crippen molar-refractivity contribution in [3.63, 3.8) is 0 Å². The van der Waals surface area contributed by atoms with Gasteiger partial charge in [-0.2, -0.15) is 0 Å². The maximum Gasteiger partial charge on any atom is 0.147 e. The monoisotopic (exact) mass is 284 g/mol. The van der Waals surface area contributed by atoms with Crippen LogP contribution in [0.3, 0.4) is 0 Å². The molecule has 1 aromatic carbocycles. The molecule has 2 heterocycles. The van der Waals surface area contributed by atoms with Gasteiger partial charge in [0.25, 0.3) is 0 Å². The Bertz CT molecular complexity index is 666. The highest BCUT2D eigenvalue weighted by Gasteiger charge is 2.34. The van der Waals surface area contributed by atoms with Gasteiger partial charge < -0.3 is 9.67 Å². The summed E-state index contributed by atoms with van der Waals surface area (Å²) in [6.45, 7) is 1.77. The van der Waals surface area contributed by atoms with Crippen molar-refractivity contribution in [1.82, 2.24) is 19.7 Å². The number of aryl methyl sites for hydroxylation is 1. The van der Waals surface area contributed by atoms with Gasteiger partial charge in [0.05, 0.1) is 12.6 Å². The molecule has 2 atom stereocenters. The van der Waals surface area contributed by atoms with E-state index in [1.807, 2.05) is 18.2 Å². The minimum atomic E-state index is -0.410. The molecule has 2 aliphatic rings. The fourth-order valence-electron chi connectivity index (χ4n) is 3.62. The van der Waals surface area contributed by atoms with E-state index < -0.39 is 6.10 Å². The number of hydrogen-bond donors (Lipinski definition) is 1. The van der Waals surface area contributed by atoms with E-state index in [-0.39, 0.29) is 6.04 Å². The summed E-state index contributed by atoms with van der Waals surface area (Å²) in [5.41, 5.74) is 2.33. The Labute approximate surface area is 124 Å². The van der Waals surface area contributed by atoms with Crippen LogP contribution >= 0.6 is 0 Å². The van der Waals surface area contributed by atoms with Crippen LogP contribution in [-0.2, 0) is 25.9 Å². The zero-order valence-electron chi connectivity index (χ0n) is 12.2. The van der Waals surface area contributed by atoms with E-state index in [2.05, 4.69) is 32.8 Å². The zero-order valence-corrected chi connectivity index (χ0v) is 12.2. The first-order valence-electron chi connectivity index (χ1n) is 7.61. The first kappa shape index (κ1) is 13.0. The zero-order chi connectivity index (χ0) is 14.4. The quantitative estimate of drug-likeness (QED) is 0.923. The first-order chi connectivity index (χ1) is 10.2. The highest BCUT2D eigenvalue weighted by Crippen LogP contribution is 2.34. The van der Waals surface area contributed by atoms with Crippen LogP contribution in [0, 0.1) is 0 Å². The number of rotatable bonds is 3. The van der Waals surface area contributed by atoms with Crippen LogP contribution in [0.25, 0.3) is 0 Å². The van der Waals surface area contributed by atoms with Crippen molar-refractivity contribution in [1.29, 1.82) is 0 Å². The lowest BCUT2D eigenvalue weighted by Gasteiger charge is -2.26. The molecule has 5 heteroatoms. The number of hydrogen-bond acceptors (Lipinski definition) is 4. The number of aliphatic hydroxyl groups excluding tert-OH is 1. The second kappa shape index (κ2) is 4.93. The molecule has 2 aromatic rings. The summed E-state index contributed by atoms with van der Waals surface area (Å²) in [5.74, 6) is 2.13. The summed E-state index contributed by atoms with van der Waals surface area (Å²) in [4.78, 5) is 2.21. The predicted octanol–water partition coefficient (Wildman–Crippen LogP) is 1.31. The van der Waals surface area contributed by atoms with Gasteiger partial charge in [-0.25, -0.2) is 0 Å². The molecule has 1 aliphatic carbocycles.